The molecule has 3 rings (SSSR count). The van der Waals surface area contributed by atoms with Crippen molar-refractivity contribution in [3.05, 3.63) is 48.5 Å². The minimum Gasteiger partial charge on any atom is -0.489 e. The highest BCUT2D eigenvalue weighted by Gasteiger charge is 2.13. The van der Waals surface area contributed by atoms with E-state index < -0.39 is 0 Å². The first-order valence-corrected chi connectivity index (χ1v) is 10.4. The zero-order valence-electron chi connectivity index (χ0n) is 15.6. The molecule has 27 heavy (non-hydrogen) atoms. The lowest BCUT2D eigenvalue weighted by Crippen LogP contribution is -2.24. The van der Waals surface area contributed by atoms with E-state index in [9.17, 15) is 0 Å². The van der Waals surface area contributed by atoms with Crippen molar-refractivity contribution in [1.29, 1.82) is 0 Å². The van der Waals surface area contributed by atoms with Gasteiger partial charge in [0.15, 0.2) is 23.0 Å². The summed E-state index contributed by atoms with van der Waals surface area (Å²) >= 11 is 0. The number of para-hydroxylation sites is 4. The molecule has 6 nitrogen and oxygen atoms in total. The van der Waals surface area contributed by atoms with Crippen LogP contribution in [0.5, 0.6) is 23.0 Å². The van der Waals surface area contributed by atoms with E-state index in [1.54, 1.807) is 0 Å². The Labute approximate surface area is 162 Å². The molecular formula is C20H26O6Si. The lowest BCUT2D eigenvalue weighted by atomic mass is 10.3. The average Bonchev–Trinajstić information content (AvgIpc) is 2.68. The predicted molar refractivity (Wildman–Crippen MR) is 105 cm³/mol. The Morgan fingerprint density at radius 2 is 1.15 bits per heavy atom. The summed E-state index contributed by atoms with van der Waals surface area (Å²) in [5.74, 6) is 2.64. The third-order valence-electron chi connectivity index (χ3n) is 3.83. The Morgan fingerprint density at radius 3 is 1.85 bits per heavy atom. The van der Waals surface area contributed by atoms with Gasteiger partial charge in [-0.3, -0.25) is 0 Å². The molecule has 0 N–H and O–H groups in total. The Kier molecular flexibility index (Phi) is 7.97. The highest BCUT2D eigenvalue weighted by atomic mass is 28.1. The summed E-state index contributed by atoms with van der Waals surface area (Å²) in [4.78, 5) is 0. The van der Waals surface area contributed by atoms with Crippen molar-refractivity contribution >= 4 is 10.2 Å². The van der Waals surface area contributed by atoms with Gasteiger partial charge in [0.05, 0.1) is 55.6 Å². The largest absolute Gasteiger partial charge is 0.489 e. The number of rotatable bonds is 0. The van der Waals surface area contributed by atoms with E-state index in [4.69, 9.17) is 28.4 Å². The molecule has 0 saturated heterocycles. The third kappa shape index (κ3) is 6.55. The summed E-state index contributed by atoms with van der Waals surface area (Å²) < 4.78 is 34.6. The Hall–Kier alpha value is -2.06. The van der Waals surface area contributed by atoms with E-state index in [0.29, 0.717) is 69.2 Å². The van der Waals surface area contributed by atoms with Crippen LogP contribution in [0.1, 0.15) is 0 Å². The average molecular weight is 391 g/mol. The minimum absolute atomic E-state index is 0.0171. The van der Waals surface area contributed by atoms with Crippen LogP contribution < -0.4 is 14.2 Å². The van der Waals surface area contributed by atoms with Gasteiger partial charge in [-0.1, -0.05) is 24.3 Å². The highest BCUT2D eigenvalue weighted by Crippen LogP contribution is 2.36. The van der Waals surface area contributed by atoms with Gasteiger partial charge in [-0.05, 0) is 24.3 Å². The van der Waals surface area contributed by atoms with E-state index in [1.165, 1.54) is 0 Å². The predicted octanol–water partition coefficient (Wildman–Crippen LogP) is 1.99. The van der Waals surface area contributed by atoms with Crippen LogP contribution in [0, 0.1) is 0 Å². The Bertz CT molecular complexity index is 696. The summed E-state index contributed by atoms with van der Waals surface area (Å²) in [5.41, 5.74) is 0.0171. The Balaban J connectivity index is 1.75. The van der Waals surface area contributed by atoms with Crippen LogP contribution in [0.25, 0.3) is 0 Å². The number of benzene rings is 2. The van der Waals surface area contributed by atoms with E-state index >= 15 is 0 Å². The number of hydrogen-bond acceptors (Lipinski definition) is 6. The molecule has 2 aromatic rings. The van der Waals surface area contributed by atoms with Gasteiger partial charge in [0.25, 0.3) is 0 Å². The van der Waals surface area contributed by atoms with Gasteiger partial charge in [-0.2, -0.15) is 0 Å². The zero-order chi connectivity index (χ0) is 18.7. The minimum atomic E-state index is 0.0171. The van der Waals surface area contributed by atoms with E-state index in [0.717, 1.165) is 10.2 Å². The molecule has 1 atom stereocenters. The second-order valence-corrected chi connectivity index (χ2v) is 7.36. The lowest BCUT2D eigenvalue weighted by Gasteiger charge is -2.19. The SMILES string of the molecule is [SiH3]C1COCCOCCOCCOc2ccccc2Oc2ccccc2O1. The van der Waals surface area contributed by atoms with Crippen LogP contribution in [0.4, 0.5) is 0 Å². The topological polar surface area (TPSA) is 55.4 Å². The van der Waals surface area contributed by atoms with Gasteiger partial charge in [-0.25, -0.2) is 0 Å². The standard InChI is InChI=1S/C20H26O6Si/c27-20-15-23-12-11-21-9-10-22-13-14-24-16-5-1-2-6-17(16)25-18-7-3-4-8-19(18)26-20/h1-8,20H,9-15H2,27H3. The zero-order valence-corrected chi connectivity index (χ0v) is 17.6. The first kappa shape index (κ1) is 19.7. The highest BCUT2D eigenvalue weighted by molar-refractivity contribution is 6.11. The molecule has 0 bridgehead atoms. The monoisotopic (exact) mass is 390 g/mol. The number of fused-ring (bicyclic) bond motifs is 2. The van der Waals surface area contributed by atoms with Crippen LogP contribution in [-0.4, -0.2) is 62.2 Å². The molecule has 0 amide bonds. The maximum Gasteiger partial charge on any atom is 0.169 e. The van der Waals surface area contributed by atoms with Crippen molar-refractivity contribution in [3.63, 3.8) is 0 Å². The summed E-state index contributed by atoms with van der Waals surface area (Å²) in [5, 5.41) is 0. The fourth-order valence-electron chi connectivity index (χ4n) is 2.55. The van der Waals surface area contributed by atoms with E-state index in [2.05, 4.69) is 0 Å². The summed E-state index contributed by atoms with van der Waals surface area (Å²) in [6, 6.07) is 15.2. The molecule has 0 spiro atoms. The maximum absolute atomic E-state index is 6.10. The molecule has 0 aliphatic carbocycles. The third-order valence-corrected chi connectivity index (χ3v) is 4.40. The molecule has 7 heteroatoms. The van der Waals surface area contributed by atoms with Gasteiger partial charge >= 0.3 is 0 Å². The van der Waals surface area contributed by atoms with E-state index in [1.807, 2.05) is 48.5 Å². The van der Waals surface area contributed by atoms with Gasteiger partial charge in [-0.15, -0.1) is 0 Å². The van der Waals surface area contributed by atoms with Crippen molar-refractivity contribution in [2.24, 2.45) is 0 Å². The van der Waals surface area contributed by atoms with Gasteiger partial charge in [0.1, 0.15) is 6.61 Å². The normalized spacial score (nSPS) is 19.9. The molecule has 1 heterocycles. The number of hydrogen-bond donors (Lipinski definition) is 0. The smallest absolute Gasteiger partial charge is 0.169 e. The molecule has 1 unspecified atom stereocenters. The van der Waals surface area contributed by atoms with Crippen LogP contribution >= 0.6 is 0 Å². The van der Waals surface area contributed by atoms with Crippen molar-refractivity contribution < 1.29 is 28.4 Å². The Morgan fingerprint density at radius 1 is 0.630 bits per heavy atom. The van der Waals surface area contributed by atoms with Crippen molar-refractivity contribution in [3.8, 4) is 23.0 Å². The first-order chi connectivity index (χ1) is 13.3. The van der Waals surface area contributed by atoms with Crippen molar-refractivity contribution in [2.75, 3.05) is 46.2 Å². The fourth-order valence-corrected chi connectivity index (χ4v) is 3.04. The second-order valence-electron chi connectivity index (χ2n) is 6.07. The molecule has 2 aromatic carbocycles. The molecule has 1 aliphatic rings. The van der Waals surface area contributed by atoms with Crippen LogP contribution in [-0.2, 0) is 14.2 Å². The molecule has 1 aliphatic heterocycles. The maximum atomic E-state index is 6.10. The fraction of sp³-hybridized carbons (Fsp3) is 0.400. The lowest BCUT2D eigenvalue weighted by molar-refractivity contribution is 0.00118. The quantitative estimate of drug-likeness (QED) is 0.642. The second kappa shape index (κ2) is 10.9. The summed E-state index contributed by atoms with van der Waals surface area (Å²) in [6.07, 6.45) is 0. The molecule has 0 aromatic heterocycles. The molecule has 0 fully saturated rings. The molecule has 0 radical (unpaired) electrons. The van der Waals surface area contributed by atoms with Crippen LogP contribution in [0.15, 0.2) is 48.5 Å². The van der Waals surface area contributed by atoms with Crippen LogP contribution in [0.3, 0.4) is 0 Å². The van der Waals surface area contributed by atoms with Gasteiger partial charge in [0, 0.05) is 0 Å². The summed E-state index contributed by atoms with van der Waals surface area (Å²) in [7, 11) is 0.835. The van der Waals surface area contributed by atoms with Gasteiger partial charge in [0.2, 0.25) is 0 Å². The van der Waals surface area contributed by atoms with Crippen LogP contribution in [0.2, 0.25) is 0 Å². The van der Waals surface area contributed by atoms with E-state index in [-0.39, 0.29) is 5.73 Å². The molecular weight excluding hydrogens is 364 g/mol. The molecule has 146 valence electrons. The van der Waals surface area contributed by atoms with Gasteiger partial charge < -0.3 is 28.4 Å². The number of ether oxygens (including phenoxy) is 6. The molecule has 0 saturated carbocycles. The van der Waals surface area contributed by atoms with Crippen molar-refractivity contribution in [1.82, 2.24) is 0 Å². The van der Waals surface area contributed by atoms with Crippen molar-refractivity contribution in [2.45, 2.75) is 5.73 Å². The first-order valence-electron chi connectivity index (χ1n) is 9.21. The summed E-state index contributed by atoms with van der Waals surface area (Å²) in [6.45, 7) is 3.59.